The first kappa shape index (κ1) is 16.6. The molecule has 1 aromatic carbocycles. The number of halogens is 2. The third kappa shape index (κ3) is 4.62. The van der Waals surface area contributed by atoms with Gasteiger partial charge in [-0.05, 0) is 55.3 Å². The second-order valence-corrected chi connectivity index (χ2v) is 6.99. The van der Waals surface area contributed by atoms with E-state index in [-0.39, 0.29) is 6.04 Å². The summed E-state index contributed by atoms with van der Waals surface area (Å²) in [5.41, 5.74) is 1.10. The van der Waals surface area contributed by atoms with Crippen molar-refractivity contribution in [1.29, 1.82) is 0 Å². The minimum Gasteiger partial charge on any atom is -0.496 e. The lowest BCUT2D eigenvalue weighted by Gasteiger charge is -2.19. The summed E-state index contributed by atoms with van der Waals surface area (Å²) in [6, 6.07) is 9.97. The first-order valence-electron chi connectivity index (χ1n) is 6.95. The van der Waals surface area contributed by atoms with Crippen LogP contribution in [-0.2, 0) is 6.42 Å². The summed E-state index contributed by atoms with van der Waals surface area (Å²) < 4.78 is 6.25. The molecule has 2 aromatic rings. The van der Waals surface area contributed by atoms with Crippen molar-refractivity contribution in [2.75, 3.05) is 13.7 Å². The third-order valence-corrected chi connectivity index (χ3v) is 4.82. The minimum absolute atomic E-state index is 0.217. The van der Waals surface area contributed by atoms with Crippen LogP contribution in [0.1, 0.15) is 29.8 Å². The maximum absolute atomic E-state index is 6.12. The molecule has 0 aliphatic heterocycles. The van der Waals surface area contributed by atoms with E-state index >= 15 is 0 Å². The SMILES string of the molecule is CCCNC(Cc1cc(Cl)ccc1OC)c1ccc(Cl)s1. The molecule has 1 N–H and O–H groups in total. The average Bonchev–Trinajstić information content (AvgIpc) is 2.90. The Hall–Kier alpha value is -0.740. The summed E-state index contributed by atoms with van der Waals surface area (Å²) in [6.45, 7) is 3.12. The fraction of sp³-hybridized carbons (Fsp3) is 0.375. The fourth-order valence-electron chi connectivity index (χ4n) is 2.23. The summed E-state index contributed by atoms with van der Waals surface area (Å²) in [5, 5.41) is 4.30. The molecule has 0 aliphatic rings. The Morgan fingerprint density at radius 1 is 1.24 bits per heavy atom. The lowest BCUT2D eigenvalue weighted by molar-refractivity contribution is 0.405. The summed E-state index contributed by atoms with van der Waals surface area (Å²) in [7, 11) is 1.68. The summed E-state index contributed by atoms with van der Waals surface area (Å²) in [4.78, 5) is 1.23. The van der Waals surface area contributed by atoms with Crippen LogP contribution in [0.25, 0.3) is 0 Å². The van der Waals surface area contributed by atoms with E-state index in [1.165, 1.54) is 4.88 Å². The highest BCUT2D eigenvalue weighted by molar-refractivity contribution is 7.16. The van der Waals surface area contributed by atoms with E-state index in [0.717, 1.165) is 40.1 Å². The van der Waals surface area contributed by atoms with Gasteiger partial charge in [0.15, 0.2) is 0 Å². The van der Waals surface area contributed by atoms with Gasteiger partial charge in [-0.25, -0.2) is 0 Å². The van der Waals surface area contributed by atoms with Crippen molar-refractivity contribution in [1.82, 2.24) is 5.32 Å². The molecule has 2 nitrogen and oxygen atoms in total. The molecule has 0 aliphatic carbocycles. The van der Waals surface area contributed by atoms with E-state index in [2.05, 4.69) is 18.3 Å². The van der Waals surface area contributed by atoms with Gasteiger partial charge in [0.2, 0.25) is 0 Å². The predicted octanol–water partition coefficient (Wildman–Crippen LogP) is 5.35. The van der Waals surface area contributed by atoms with Crippen LogP contribution < -0.4 is 10.1 Å². The Morgan fingerprint density at radius 2 is 2.05 bits per heavy atom. The molecule has 0 bridgehead atoms. The zero-order valence-corrected chi connectivity index (χ0v) is 14.5. The monoisotopic (exact) mass is 343 g/mol. The van der Waals surface area contributed by atoms with Crippen molar-refractivity contribution in [2.45, 2.75) is 25.8 Å². The first-order valence-corrected chi connectivity index (χ1v) is 8.52. The zero-order valence-electron chi connectivity index (χ0n) is 12.2. The zero-order chi connectivity index (χ0) is 15.2. The molecule has 0 radical (unpaired) electrons. The van der Waals surface area contributed by atoms with Crippen LogP contribution in [0.4, 0.5) is 0 Å². The smallest absolute Gasteiger partial charge is 0.122 e. The van der Waals surface area contributed by atoms with Crippen LogP contribution in [0.2, 0.25) is 9.36 Å². The minimum atomic E-state index is 0.217. The quantitative estimate of drug-likeness (QED) is 0.731. The molecule has 1 atom stereocenters. The standard InChI is InChI=1S/C16H19Cl2NOS/c1-3-8-19-13(15-6-7-16(18)21-15)10-11-9-12(17)4-5-14(11)20-2/h4-7,9,13,19H,3,8,10H2,1-2H3. The number of rotatable bonds is 7. The Kier molecular flexibility index (Phi) is 6.37. The van der Waals surface area contributed by atoms with Gasteiger partial charge >= 0.3 is 0 Å². The topological polar surface area (TPSA) is 21.3 Å². The van der Waals surface area contributed by atoms with Gasteiger partial charge in [0, 0.05) is 15.9 Å². The number of hydrogen-bond acceptors (Lipinski definition) is 3. The van der Waals surface area contributed by atoms with Gasteiger partial charge in [-0.2, -0.15) is 0 Å². The molecule has 0 spiro atoms. The van der Waals surface area contributed by atoms with Crippen LogP contribution >= 0.6 is 34.5 Å². The Morgan fingerprint density at radius 3 is 2.67 bits per heavy atom. The summed E-state index contributed by atoms with van der Waals surface area (Å²) in [6.07, 6.45) is 1.91. The van der Waals surface area contributed by atoms with E-state index in [9.17, 15) is 0 Å². The number of nitrogens with one attached hydrogen (secondary N) is 1. The fourth-order valence-corrected chi connectivity index (χ4v) is 3.57. The molecule has 1 unspecified atom stereocenters. The lowest BCUT2D eigenvalue weighted by Crippen LogP contribution is -2.23. The molecule has 0 fully saturated rings. The normalized spacial score (nSPS) is 12.4. The van der Waals surface area contributed by atoms with Crippen LogP contribution in [0.15, 0.2) is 30.3 Å². The van der Waals surface area contributed by atoms with Crippen molar-refractivity contribution in [3.8, 4) is 5.75 Å². The molecule has 2 rings (SSSR count). The predicted molar refractivity (Wildman–Crippen MR) is 92.1 cm³/mol. The first-order chi connectivity index (χ1) is 10.1. The highest BCUT2D eigenvalue weighted by Crippen LogP contribution is 2.32. The van der Waals surface area contributed by atoms with Gasteiger partial charge < -0.3 is 10.1 Å². The van der Waals surface area contributed by atoms with Crippen LogP contribution in [0, 0.1) is 0 Å². The number of methoxy groups -OCH3 is 1. The van der Waals surface area contributed by atoms with Crippen molar-refractivity contribution in [3.63, 3.8) is 0 Å². The lowest BCUT2D eigenvalue weighted by atomic mass is 10.0. The maximum atomic E-state index is 6.12. The number of benzene rings is 1. The van der Waals surface area contributed by atoms with Crippen molar-refractivity contribution < 1.29 is 4.74 Å². The van der Waals surface area contributed by atoms with Crippen LogP contribution in [0.3, 0.4) is 0 Å². The largest absolute Gasteiger partial charge is 0.496 e. The highest BCUT2D eigenvalue weighted by Gasteiger charge is 2.16. The molecular formula is C16H19Cl2NOS. The van der Waals surface area contributed by atoms with Gasteiger partial charge in [-0.1, -0.05) is 30.1 Å². The average molecular weight is 344 g/mol. The summed E-state index contributed by atoms with van der Waals surface area (Å²) in [5.74, 6) is 0.866. The molecule has 1 aromatic heterocycles. The van der Waals surface area contributed by atoms with E-state index in [4.69, 9.17) is 27.9 Å². The van der Waals surface area contributed by atoms with Gasteiger partial charge in [-0.3, -0.25) is 0 Å². The van der Waals surface area contributed by atoms with E-state index in [1.807, 2.05) is 24.3 Å². The van der Waals surface area contributed by atoms with Crippen molar-refractivity contribution >= 4 is 34.5 Å². The van der Waals surface area contributed by atoms with Gasteiger partial charge in [0.25, 0.3) is 0 Å². The van der Waals surface area contributed by atoms with E-state index in [0.29, 0.717) is 0 Å². The molecule has 21 heavy (non-hydrogen) atoms. The molecule has 0 saturated carbocycles. The Bertz CT molecular complexity index is 585. The van der Waals surface area contributed by atoms with Crippen molar-refractivity contribution in [3.05, 3.63) is 50.1 Å². The second-order valence-electron chi connectivity index (χ2n) is 4.81. The molecular weight excluding hydrogens is 325 g/mol. The maximum Gasteiger partial charge on any atom is 0.122 e. The van der Waals surface area contributed by atoms with Crippen LogP contribution in [0.5, 0.6) is 5.75 Å². The summed E-state index contributed by atoms with van der Waals surface area (Å²) >= 11 is 13.8. The third-order valence-electron chi connectivity index (χ3n) is 3.24. The van der Waals surface area contributed by atoms with Gasteiger partial charge in [0.05, 0.1) is 11.4 Å². The van der Waals surface area contributed by atoms with Gasteiger partial charge in [0.1, 0.15) is 5.75 Å². The molecule has 114 valence electrons. The van der Waals surface area contributed by atoms with Gasteiger partial charge in [-0.15, -0.1) is 11.3 Å². The van der Waals surface area contributed by atoms with E-state index in [1.54, 1.807) is 18.4 Å². The van der Waals surface area contributed by atoms with Crippen LogP contribution in [-0.4, -0.2) is 13.7 Å². The number of ether oxygens (including phenoxy) is 1. The number of hydrogen-bond donors (Lipinski definition) is 1. The molecule has 5 heteroatoms. The molecule has 0 amide bonds. The molecule has 1 heterocycles. The highest BCUT2D eigenvalue weighted by atomic mass is 35.5. The molecule has 0 saturated heterocycles. The Balaban J connectivity index is 2.24. The van der Waals surface area contributed by atoms with Crippen molar-refractivity contribution in [2.24, 2.45) is 0 Å². The Labute approximate surface area is 140 Å². The van der Waals surface area contributed by atoms with E-state index < -0.39 is 0 Å². The number of thiophene rings is 1. The second kappa shape index (κ2) is 8.04.